The fraction of sp³-hybridized carbons (Fsp3) is 0. The molecule has 0 aliphatic heterocycles. The van der Waals surface area contributed by atoms with E-state index in [2.05, 4.69) is 10.1 Å². The lowest BCUT2D eigenvalue weighted by Gasteiger charge is -1.99. The summed E-state index contributed by atoms with van der Waals surface area (Å²) in [5.41, 5.74) is 2.10. The van der Waals surface area contributed by atoms with Gasteiger partial charge in [0.25, 0.3) is 0 Å². The second-order valence-corrected chi connectivity index (χ2v) is 3.97. The predicted octanol–water partition coefficient (Wildman–Crippen LogP) is 3.19. The number of benzene rings is 1. The van der Waals surface area contributed by atoms with Gasteiger partial charge >= 0.3 is 0 Å². The van der Waals surface area contributed by atoms with Crippen LogP contribution in [-0.2, 0) is 0 Å². The summed E-state index contributed by atoms with van der Waals surface area (Å²) in [4.78, 5) is 4.19. The first-order valence-electron chi connectivity index (χ1n) is 5.00. The lowest BCUT2D eigenvalue weighted by atomic mass is 10.1. The molecule has 17 heavy (non-hydrogen) atoms. The Morgan fingerprint density at radius 2 is 2.12 bits per heavy atom. The molecule has 84 valence electrons. The molecular weight excluding hydrogens is 241 g/mol. The van der Waals surface area contributed by atoms with Gasteiger partial charge in [0.2, 0.25) is 0 Å². The highest BCUT2D eigenvalue weighted by atomic mass is 35.5. The van der Waals surface area contributed by atoms with Gasteiger partial charge in [-0.05, 0) is 23.8 Å². The van der Waals surface area contributed by atoms with Gasteiger partial charge in [-0.2, -0.15) is 5.10 Å². The molecule has 0 radical (unpaired) electrons. The number of rotatable bonds is 1. The molecule has 1 aromatic carbocycles. The van der Waals surface area contributed by atoms with Crippen LogP contribution >= 0.6 is 11.6 Å². The molecule has 3 nitrogen and oxygen atoms in total. The van der Waals surface area contributed by atoms with Crippen molar-refractivity contribution in [2.75, 3.05) is 0 Å². The van der Waals surface area contributed by atoms with E-state index in [1.54, 1.807) is 29.0 Å². The van der Waals surface area contributed by atoms with Crippen molar-refractivity contribution in [3.63, 3.8) is 0 Å². The Balaban J connectivity index is 2.27. The topological polar surface area (TPSA) is 30.2 Å². The SMILES string of the molecule is Fc1cccc(-c2cnn3ccc(Cl)nc23)c1. The summed E-state index contributed by atoms with van der Waals surface area (Å²) < 4.78 is 14.8. The quantitative estimate of drug-likeness (QED) is 0.618. The summed E-state index contributed by atoms with van der Waals surface area (Å²) in [5, 5.41) is 4.52. The van der Waals surface area contributed by atoms with Gasteiger partial charge in [0.1, 0.15) is 11.0 Å². The Morgan fingerprint density at radius 1 is 1.24 bits per heavy atom. The minimum Gasteiger partial charge on any atom is -0.222 e. The zero-order valence-electron chi connectivity index (χ0n) is 8.64. The maximum absolute atomic E-state index is 13.2. The molecule has 0 bridgehead atoms. The molecule has 0 unspecified atom stereocenters. The highest BCUT2D eigenvalue weighted by Crippen LogP contribution is 2.24. The first-order chi connectivity index (χ1) is 8.24. The van der Waals surface area contributed by atoms with Crippen LogP contribution in [0.5, 0.6) is 0 Å². The summed E-state index contributed by atoms with van der Waals surface area (Å²) >= 11 is 5.84. The molecule has 0 amide bonds. The van der Waals surface area contributed by atoms with E-state index < -0.39 is 0 Å². The Hall–Kier alpha value is -1.94. The van der Waals surface area contributed by atoms with E-state index >= 15 is 0 Å². The third kappa shape index (κ3) is 1.76. The molecule has 0 aliphatic rings. The van der Waals surface area contributed by atoms with Crippen LogP contribution in [0.4, 0.5) is 4.39 Å². The van der Waals surface area contributed by atoms with E-state index in [4.69, 9.17) is 11.6 Å². The van der Waals surface area contributed by atoms with Crippen molar-refractivity contribution in [2.24, 2.45) is 0 Å². The molecule has 5 heteroatoms. The largest absolute Gasteiger partial charge is 0.222 e. The monoisotopic (exact) mass is 247 g/mol. The maximum atomic E-state index is 13.2. The van der Waals surface area contributed by atoms with Crippen LogP contribution in [-0.4, -0.2) is 14.6 Å². The number of hydrogen-bond acceptors (Lipinski definition) is 2. The zero-order chi connectivity index (χ0) is 11.8. The van der Waals surface area contributed by atoms with Crippen LogP contribution < -0.4 is 0 Å². The second-order valence-electron chi connectivity index (χ2n) is 3.59. The summed E-state index contributed by atoms with van der Waals surface area (Å²) in [5.74, 6) is -0.288. The lowest BCUT2D eigenvalue weighted by Crippen LogP contribution is -1.89. The fourth-order valence-corrected chi connectivity index (χ4v) is 1.84. The Kier molecular flexibility index (Phi) is 2.30. The molecule has 2 aromatic heterocycles. The minimum absolute atomic E-state index is 0.288. The molecule has 3 rings (SSSR count). The van der Waals surface area contributed by atoms with E-state index in [1.165, 1.54) is 12.1 Å². The number of halogens is 2. The number of aromatic nitrogens is 3. The van der Waals surface area contributed by atoms with E-state index in [0.29, 0.717) is 10.8 Å². The van der Waals surface area contributed by atoms with Crippen LogP contribution in [0.3, 0.4) is 0 Å². The zero-order valence-corrected chi connectivity index (χ0v) is 9.39. The van der Waals surface area contributed by atoms with Crippen LogP contribution in [0.2, 0.25) is 5.15 Å². The second kappa shape index (κ2) is 3.82. The Labute approximate surface area is 101 Å². The van der Waals surface area contributed by atoms with Crippen molar-refractivity contribution in [1.82, 2.24) is 14.6 Å². The molecule has 0 saturated carbocycles. The number of hydrogen-bond donors (Lipinski definition) is 0. The molecule has 0 N–H and O–H groups in total. The van der Waals surface area contributed by atoms with Gasteiger partial charge in [-0.3, -0.25) is 0 Å². The maximum Gasteiger partial charge on any atom is 0.164 e. The summed E-state index contributed by atoms with van der Waals surface area (Å²) in [6.45, 7) is 0. The standard InChI is InChI=1S/C12H7ClFN3/c13-11-4-5-17-12(16-11)10(7-15-17)8-2-1-3-9(14)6-8/h1-7H. The van der Waals surface area contributed by atoms with Crippen molar-refractivity contribution in [1.29, 1.82) is 0 Å². The van der Waals surface area contributed by atoms with Crippen molar-refractivity contribution in [3.8, 4) is 11.1 Å². The van der Waals surface area contributed by atoms with Crippen LogP contribution in [0.25, 0.3) is 16.8 Å². The summed E-state index contributed by atoms with van der Waals surface area (Å²) in [7, 11) is 0. The normalized spacial score (nSPS) is 10.9. The first-order valence-corrected chi connectivity index (χ1v) is 5.38. The average molecular weight is 248 g/mol. The van der Waals surface area contributed by atoms with Gasteiger partial charge in [-0.25, -0.2) is 13.9 Å². The van der Waals surface area contributed by atoms with Gasteiger partial charge in [-0.1, -0.05) is 23.7 Å². The van der Waals surface area contributed by atoms with Gasteiger partial charge in [0.15, 0.2) is 5.65 Å². The van der Waals surface area contributed by atoms with Gasteiger partial charge in [0.05, 0.1) is 6.20 Å². The molecule has 3 aromatic rings. The van der Waals surface area contributed by atoms with Gasteiger partial charge in [0, 0.05) is 11.8 Å². The van der Waals surface area contributed by atoms with Crippen LogP contribution in [0, 0.1) is 5.82 Å². The molecular formula is C12H7ClFN3. The fourth-order valence-electron chi connectivity index (χ4n) is 1.71. The highest BCUT2D eigenvalue weighted by molar-refractivity contribution is 6.29. The van der Waals surface area contributed by atoms with E-state index in [-0.39, 0.29) is 5.82 Å². The van der Waals surface area contributed by atoms with Crippen molar-refractivity contribution in [2.45, 2.75) is 0 Å². The number of fused-ring (bicyclic) bond motifs is 1. The molecule has 0 aliphatic carbocycles. The van der Waals surface area contributed by atoms with Crippen LogP contribution in [0.15, 0.2) is 42.7 Å². The Bertz CT molecular complexity index is 693. The van der Waals surface area contributed by atoms with E-state index in [9.17, 15) is 4.39 Å². The summed E-state index contributed by atoms with van der Waals surface area (Å²) in [6, 6.07) is 7.95. The van der Waals surface area contributed by atoms with Crippen molar-refractivity contribution in [3.05, 3.63) is 53.7 Å². The molecule has 0 fully saturated rings. The molecule has 2 heterocycles. The third-order valence-electron chi connectivity index (χ3n) is 2.47. The predicted molar refractivity (Wildman–Crippen MR) is 63.4 cm³/mol. The molecule has 0 atom stereocenters. The van der Waals surface area contributed by atoms with Gasteiger partial charge < -0.3 is 0 Å². The molecule has 0 saturated heterocycles. The van der Waals surface area contributed by atoms with Gasteiger partial charge in [-0.15, -0.1) is 0 Å². The lowest BCUT2D eigenvalue weighted by molar-refractivity contribution is 0.628. The average Bonchev–Trinajstić information content (AvgIpc) is 2.71. The van der Waals surface area contributed by atoms with E-state index in [1.807, 2.05) is 6.07 Å². The summed E-state index contributed by atoms with van der Waals surface area (Å²) in [6.07, 6.45) is 3.36. The minimum atomic E-state index is -0.288. The third-order valence-corrected chi connectivity index (χ3v) is 2.68. The molecule has 0 spiro atoms. The first kappa shape index (κ1) is 10.2. The van der Waals surface area contributed by atoms with Crippen LogP contribution in [0.1, 0.15) is 0 Å². The van der Waals surface area contributed by atoms with E-state index in [0.717, 1.165) is 11.1 Å². The number of nitrogens with zero attached hydrogens (tertiary/aromatic N) is 3. The Morgan fingerprint density at radius 3 is 2.94 bits per heavy atom. The smallest absolute Gasteiger partial charge is 0.164 e. The van der Waals surface area contributed by atoms with Crippen molar-refractivity contribution >= 4 is 17.2 Å². The van der Waals surface area contributed by atoms with Crippen molar-refractivity contribution < 1.29 is 4.39 Å². The highest BCUT2D eigenvalue weighted by Gasteiger charge is 2.08.